The van der Waals surface area contributed by atoms with E-state index in [-0.39, 0.29) is 12.5 Å². The molecule has 3 N–H and O–H groups in total. The summed E-state index contributed by atoms with van der Waals surface area (Å²) in [5.74, 6) is -0.757. The third-order valence-corrected chi connectivity index (χ3v) is 2.49. The molecule has 0 aromatic rings. The highest BCUT2D eigenvalue weighted by molar-refractivity contribution is 5.66. The van der Waals surface area contributed by atoms with Crippen LogP contribution in [-0.2, 0) is 4.79 Å². The molecular formula is C13H23NO2. The predicted molar refractivity (Wildman–Crippen MR) is 66.3 cm³/mol. The van der Waals surface area contributed by atoms with Crippen molar-refractivity contribution in [3.8, 4) is 0 Å². The Balaban J connectivity index is 3.91. The molecule has 0 aliphatic heterocycles. The zero-order valence-electron chi connectivity index (χ0n) is 10.3. The predicted octanol–water partition coefficient (Wildman–Crippen LogP) is 2.86. The molecule has 0 aromatic carbocycles. The van der Waals surface area contributed by atoms with E-state index in [9.17, 15) is 4.79 Å². The van der Waals surface area contributed by atoms with E-state index in [2.05, 4.69) is 12.7 Å². The van der Waals surface area contributed by atoms with Crippen LogP contribution in [0.5, 0.6) is 0 Å². The standard InChI is InChI=1S/C13H23NO2/c1-3-4-5-6-8-11(2)12(14)9-7-10-13(15)16/h6,12H,3-5,7,9-10,14H2,1-2H3,(H,15,16). The normalized spacial score (nSPS) is 11.7. The smallest absolute Gasteiger partial charge is 0.303 e. The Morgan fingerprint density at radius 2 is 2.19 bits per heavy atom. The molecule has 0 spiro atoms. The second-order valence-corrected chi connectivity index (χ2v) is 4.07. The highest BCUT2D eigenvalue weighted by Gasteiger charge is 2.05. The Morgan fingerprint density at radius 3 is 2.75 bits per heavy atom. The molecule has 1 unspecified atom stereocenters. The molecule has 0 bridgehead atoms. The minimum atomic E-state index is -0.757. The highest BCUT2D eigenvalue weighted by Crippen LogP contribution is 2.07. The topological polar surface area (TPSA) is 63.3 Å². The van der Waals surface area contributed by atoms with E-state index in [1.54, 1.807) is 0 Å². The molecule has 0 aliphatic rings. The summed E-state index contributed by atoms with van der Waals surface area (Å²) < 4.78 is 0. The van der Waals surface area contributed by atoms with Gasteiger partial charge in [0.1, 0.15) is 0 Å². The van der Waals surface area contributed by atoms with Crippen molar-refractivity contribution in [1.82, 2.24) is 0 Å². The first-order valence-electron chi connectivity index (χ1n) is 5.97. The minimum Gasteiger partial charge on any atom is -0.481 e. The quantitative estimate of drug-likeness (QED) is 0.493. The van der Waals surface area contributed by atoms with E-state index in [0.717, 1.165) is 12.0 Å². The van der Waals surface area contributed by atoms with Gasteiger partial charge in [0.05, 0.1) is 0 Å². The van der Waals surface area contributed by atoms with Crippen LogP contribution in [0.1, 0.15) is 52.4 Å². The average molecular weight is 225 g/mol. The maximum absolute atomic E-state index is 10.3. The Hall–Kier alpha value is -1.05. The number of nitrogens with two attached hydrogens (primary N) is 1. The van der Waals surface area contributed by atoms with Gasteiger partial charge >= 0.3 is 5.97 Å². The number of hydrogen-bond acceptors (Lipinski definition) is 2. The number of rotatable bonds is 8. The van der Waals surface area contributed by atoms with Crippen LogP contribution in [0.3, 0.4) is 0 Å². The van der Waals surface area contributed by atoms with Crippen LogP contribution < -0.4 is 5.73 Å². The van der Waals surface area contributed by atoms with Crippen LogP contribution in [0.25, 0.3) is 0 Å². The van der Waals surface area contributed by atoms with Crippen molar-refractivity contribution in [3.63, 3.8) is 0 Å². The monoisotopic (exact) mass is 225 g/mol. The summed E-state index contributed by atoms with van der Waals surface area (Å²) in [6, 6.07) is -0.0581. The SMILES string of the molecule is CCCCC=C=C(C)C(N)CCCC(=O)O. The van der Waals surface area contributed by atoms with E-state index < -0.39 is 5.97 Å². The summed E-state index contributed by atoms with van der Waals surface area (Å²) in [6.45, 7) is 4.11. The van der Waals surface area contributed by atoms with Crippen molar-refractivity contribution in [3.05, 3.63) is 17.4 Å². The van der Waals surface area contributed by atoms with Crippen LogP contribution in [-0.4, -0.2) is 17.1 Å². The fourth-order valence-electron chi connectivity index (χ4n) is 1.34. The molecule has 3 heteroatoms. The second kappa shape index (κ2) is 9.20. The highest BCUT2D eigenvalue weighted by atomic mass is 16.4. The first-order chi connectivity index (χ1) is 7.57. The van der Waals surface area contributed by atoms with Gasteiger partial charge in [0.2, 0.25) is 0 Å². The van der Waals surface area contributed by atoms with Gasteiger partial charge < -0.3 is 10.8 Å². The summed E-state index contributed by atoms with van der Waals surface area (Å²) in [5, 5.41) is 8.50. The lowest BCUT2D eigenvalue weighted by Crippen LogP contribution is -2.21. The number of carboxylic acid groups (broad SMARTS) is 1. The first kappa shape index (κ1) is 14.9. The van der Waals surface area contributed by atoms with E-state index in [4.69, 9.17) is 10.8 Å². The van der Waals surface area contributed by atoms with Crippen molar-refractivity contribution in [2.45, 2.75) is 58.4 Å². The van der Waals surface area contributed by atoms with Gasteiger partial charge in [-0.2, -0.15) is 0 Å². The van der Waals surface area contributed by atoms with E-state index >= 15 is 0 Å². The van der Waals surface area contributed by atoms with Crippen molar-refractivity contribution < 1.29 is 9.90 Å². The van der Waals surface area contributed by atoms with Crippen molar-refractivity contribution in [1.29, 1.82) is 0 Å². The van der Waals surface area contributed by atoms with Gasteiger partial charge in [0.15, 0.2) is 0 Å². The second-order valence-electron chi connectivity index (χ2n) is 4.07. The van der Waals surface area contributed by atoms with Crippen LogP contribution in [0, 0.1) is 0 Å². The summed E-state index contributed by atoms with van der Waals surface area (Å²) in [4.78, 5) is 10.3. The van der Waals surface area contributed by atoms with Crippen LogP contribution >= 0.6 is 0 Å². The van der Waals surface area contributed by atoms with Gasteiger partial charge in [0, 0.05) is 12.5 Å². The summed E-state index contributed by atoms with van der Waals surface area (Å²) in [6.07, 6.45) is 6.96. The summed E-state index contributed by atoms with van der Waals surface area (Å²) in [7, 11) is 0. The molecule has 0 aliphatic carbocycles. The molecule has 0 fully saturated rings. The van der Waals surface area contributed by atoms with Crippen molar-refractivity contribution in [2.24, 2.45) is 5.73 Å². The Kier molecular flexibility index (Phi) is 8.59. The lowest BCUT2D eigenvalue weighted by molar-refractivity contribution is -0.137. The maximum Gasteiger partial charge on any atom is 0.303 e. The van der Waals surface area contributed by atoms with E-state index in [1.165, 1.54) is 12.8 Å². The van der Waals surface area contributed by atoms with Gasteiger partial charge in [-0.1, -0.05) is 13.3 Å². The molecule has 92 valence electrons. The van der Waals surface area contributed by atoms with Gasteiger partial charge in [-0.25, -0.2) is 0 Å². The zero-order chi connectivity index (χ0) is 12.4. The molecule has 0 amide bonds. The lowest BCUT2D eigenvalue weighted by Gasteiger charge is -2.08. The van der Waals surface area contributed by atoms with Gasteiger partial charge in [-0.15, -0.1) is 5.73 Å². The number of unbranched alkanes of at least 4 members (excludes halogenated alkanes) is 2. The molecule has 0 saturated heterocycles. The Morgan fingerprint density at radius 1 is 1.50 bits per heavy atom. The molecule has 16 heavy (non-hydrogen) atoms. The van der Waals surface area contributed by atoms with Gasteiger partial charge in [0.25, 0.3) is 0 Å². The summed E-state index contributed by atoms with van der Waals surface area (Å²) in [5.41, 5.74) is 10.1. The number of carboxylic acids is 1. The molecule has 0 radical (unpaired) electrons. The summed E-state index contributed by atoms with van der Waals surface area (Å²) >= 11 is 0. The number of hydrogen-bond donors (Lipinski definition) is 2. The largest absolute Gasteiger partial charge is 0.481 e. The molecule has 3 nitrogen and oxygen atoms in total. The number of carbonyl (C=O) groups is 1. The Bertz CT molecular complexity index is 265. The molecule has 0 heterocycles. The van der Waals surface area contributed by atoms with Gasteiger partial charge in [-0.3, -0.25) is 4.79 Å². The zero-order valence-corrected chi connectivity index (χ0v) is 10.3. The fourth-order valence-corrected chi connectivity index (χ4v) is 1.34. The Labute approximate surface area is 98.0 Å². The third-order valence-electron chi connectivity index (χ3n) is 2.49. The van der Waals surface area contributed by atoms with Crippen LogP contribution in [0.4, 0.5) is 0 Å². The molecule has 0 rings (SSSR count). The first-order valence-corrected chi connectivity index (χ1v) is 5.97. The lowest BCUT2D eigenvalue weighted by atomic mass is 10.0. The van der Waals surface area contributed by atoms with Gasteiger partial charge in [-0.05, 0) is 44.3 Å². The minimum absolute atomic E-state index is 0.0581. The molecule has 1 atom stereocenters. The third kappa shape index (κ3) is 8.27. The molecule has 0 saturated carbocycles. The van der Waals surface area contributed by atoms with E-state index in [1.807, 2.05) is 13.0 Å². The van der Waals surface area contributed by atoms with Crippen LogP contribution in [0.2, 0.25) is 0 Å². The van der Waals surface area contributed by atoms with Crippen LogP contribution in [0.15, 0.2) is 17.4 Å². The molecular weight excluding hydrogens is 202 g/mol. The molecule has 0 aromatic heterocycles. The fraction of sp³-hybridized carbons (Fsp3) is 0.692. The van der Waals surface area contributed by atoms with E-state index in [0.29, 0.717) is 12.8 Å². The maximum atomic E-state index is 10.3. The van der Waals surface area contributed by atoms with Crippen molar-refractivity contribution in [2.75, 3.05) is 0 Å². The number of aliphatic carboxylic acids is 1. The van der Waals surface area contributed by atoms with Crippen molar-refractivity contribution >= 4 is 5.97 Å². The average Bonchev–Trinajstić information content (AvgIpc) is 2.23.